The van der Waals surface area contributed by atoms with Crippen LogP contribution >= 0.6 is 0 Å². The van der Waals surface area contributed by atoms with Gasteiger partial charge in [0.05, 0.1) is 11.4 Å². The highest BCUT2D eigenvalue weighted by atomic mass is 19.1. The van der Waals surface area contributed by atoms with E-state index in [1.807, 2.05) is 37.4 Å². The van der Waals surface area contributed by atoms with E-state index in [0.717, 1.165) is 35.9 Å². The Morgan fingerprint density at radius 1 is 1.09 bits per heavy atom. The zero-order chi connectivity index (χ0) is 22.8. The second kappa shape index (κ2) is 11.6. The highest BCUT2D eigenvalue weighted by molar-refractivity contribution is 5.94. The van der Waals surface area contributed by atoms with Crippen molar-refractivity contribution in [2.45, 2.75) is 19.8 Å². The summed E-state index contributed by atoms with van der Waals surface area (Å²) >= 11 is 0. The first-order valence-corrected chi connectivity index (χ1v) is 10.7. The minimum absolute atomic E-state index is 0.0865. The van der Waals surface area contributed by atoms with Crippen LogP contribution in [0.25, 0.3) is 5.69 Å². The Labute approximate surface area is 187 Å². The molecule has 0 atom stereocenters. The number of carbonyl (C=O) groups is 1. The molecule has 0 aliphatic carbocycles. The van der Waals surface area contributed by atoms with Crippen molar-refractivity contribution in [1.29, 1.82) is 0 Å². The van der Waals surface area contributed by atoms with Crippen molar-refractivity contribution in [1.82, 2.24) is 25.7 Å². The van der Waals surface area contributed by atoms with Crippen LogP contribution < -0.4 is 16.0 Å². The first-order chi connectivity index (χ1) is 15.6. The van der Waals surface area contributed by atoms with E-state index in [9.17, 15) is 9.18 Å². The molecule has 8 heteroatoms. The van der Waals surface area contributed by atoms with E-state index in [-0.39, 0.29) is 11.7 Å². The summed E-state index contributed by atoms with van der Waals surface area (Å²) < 4.78 is 14.8. The zero-order valence-corrected chi connectivity index (χ0v) is 18.4. The topological polar surface area (TPSA) is 83.3 Å². The molecule has 3 N–H and O–H groups in total. The Kier molecular flexibility index (Phi) is 8.36. The number of benzene rings is 2. The first kappa shape index (κ1) is 23.0. The van der Waals surface area contributed by atoms with Gasteiger partial charge in [-0.2, -0.15) is 5.10 Å². The van der Waals surface area contributed by atoms with Crippen molar-refractivity contribution in [3.05, 3.63) is 83.4 Å². The minimum Gasteiger partial charge on any atom is -0.357 e. The number of hydrogen-bond donors (Lipinski definition) is 3. The number of hydrogen-bond acceptors (Lipinski definition) is 3. The van der Waals surface area contributed by atoms with Gasteiger partial charge in [-0.25, -0.2) is 9.07 Å². The molecular weight excluding hydrogens is 407 g/mol. The Hall–Kier alpha value is -3.68. The monoisotopic (exact) mass is 436 g/mol. The van der Waals surface area contributed by atoms with Gasteiger partial charge < -0.3 is 16.0 Å². The molecule has 7 nitrogen and oxygen atoms in total. The fourth-order valence-electron chi connectivity index (χ4n) is 3.19. The molecular formula is C24H29FN6O. The van der Waals surface area contributed by atoms with E-state index in [4.69, 9.17) is 0 Å². The van der Waals surface area contributed by atoms with Crippen molar-refractivity contribution in [3.63, 3.8) is 0 Å². The van der Waals surface area contributed by atoms with Gasteiger partial charge in [0.25, 0.3) is 5.91 Å². The molecule has 1 amide bonds. The smallest absolute Gasteiger partial charge is 0.251 e. The second-order valence-corrected chi connectivity index (χ2v) is 7.19. The third-order valence-corrected chi connectivity index (χ3v) is 4.84. The van der Waals surface area contributed by atoms with Gasteiger partial charge in [0, 0.05) is 44.9 Å². The SMILES string of the molecule is CCNC(=NCCc1ccn(-c2ccc(F)cc2)n1)NCCc1cccc(C(=O)NC)c1. The van der Waals surface area contributed by atoms with Crippen LogP contribution in [-0.2, 0) is 12.8 Å². The van der Waals surface area contributed by atoms with Crippen molar-refractivity contribution in [2.75, 3.05) is 26.7 Å². The molecule has 2 aromatic carbocycles. The van der Waals surface area contributed by atoms with Gasteiger partial charge in [0.1, 0.15) is 5.82 Å². The van der Waals surface area contributed by atoms with E-state index < -0.39 is 0 Å². The van der Waals surface area contributed by atoms with Crippen LogP contribution in [0, 0.1) is 5.82 Å². The normalized spacial score (nSPS) is 11.3. The Morgan fingerprint density at radius 3 is 2.66 bits per heavy atom. The predicted octanol–water partition coefficient (Wildman–Crippen LogP) is 2.71. The van der Waals surface area contributed by atoms with Gasteiger partial charge in [-0.05, 0) is 61.4 Å². The van der Waals surface area contributed by atoms with Crippen LogP contribution in [0.15, 0.2) is 65.8 Å². The Bertz CT molecular complexity index is 1040. The van der Waals surface area contributed by atoms with Crippen molar-refractivity contribution < 1.29 is 9.18 Å². The number of nitrogens with one attached hydrogen (secondary N) is 3. The lowest BCUT2D eigenvalue weighted by molar-refractivity contribution is 0.0963. The number of carbonyl (C=O) groups excluding carboxylic acids is 1. The maximum atomic E-state index is 13.1. The molecule has 1 aromatic heterocycles. The van der Waals surface area contributed by atoms with Crippen molar-refractivity contribution in [2.24, 2.45) is 4.99 Å². The maximum absolute atomic E-state index is 13.1. The van der Waals surface area contributed by atoms with E-state index in [2.05, 4.69) is 26.0 Å². The van der Waals surface area contributed by atoms with Crippen molar-refractivity contribution >= 4 is 11.9 Å². The molecule has 3 aromatic rings. The summed E-state index contributed by atoms with van der Waals surface area (Å²) in [6.45, 7) is 4.07. The van der Waals surface area contributed by atoms with E-state index in [1.165, 1.54) is 12.1 Å². The van der Waals surface area contributed by atoms with Gasteiger partial charge in [-0.1, -0.05) is 12.1 Å². The molecule has 0 saturated heterocycles. The number of guanidine groups is 1. The van der Waals surface area contributed by atoms with Gasteiger partial charge in [0.2, 0.25) is 0 Å². The molecule has 0 aliphatic heterocycles. The molecule has 0 unspecified atom stereocenters. The van der Waals surface area contributed by atoms with Crippen LogP contribution in [-0.4, -0.2) is 48.3 Å². The lowest BCUT2D eigenvalue weighted by Crippen LogP contribution is -2.38. The highest BCUT2D eigenvalue weighted by Crippen LogP contribution is 2.09. The molecule has 1 heterocycles. The van der Waals surface area contributed by atoms with E-state index in [1.54, 1.807) is 29.9 Å². The van der Waals surface area contributed by atoms with Crippen LogP contribution in [0.1, 0.15) is 28.5 Å². The molecule has 0 spiro atoms. The Balaban J connectivity index is 1.51. The number of amides is 1. The van der Waals surface area contributed by atoms with E-state index >= 15 is 0 Å². The highest BCUT2D eigenvalue weighted by Gasteiger charge is 2.05. The average molecular weight is 437 g/mol. The first-order valence-electron chi connectivity index (χ1n) is 10.7. The van der Waals surface area contributed by atoms with E-state index in [0.29, 0.717) is 25.1 Å². The number of aliphatic imine (C=N–C) groups is 1. The predicted molar refractivity (Wildman–Crippen MR) is 125 cm³/mol. The standard InChI is InChI=1S/C24H29FN6O/c1-3-27-24(28-14-11-18-5-4-6-19(17-18)23(32)26-2)29-15-12-21-13-16-31(30-21)22-9-7-20(25)8-10-22/h4-10,13,16-17H,3,11-12,14-15H2,1-2H3,(H,26,32)(H2,27,28,29). The summed E-state index contributed by atoms with van der Waals surface area (Å²) in [5, 5.41) is 13.8. The molecule has 0 saturated carbocycles. The number of nitrogens with zero attached hydrogens (tertiary/aromatic N) is 3. The van der Waals surface area contributed by atoms with Crippen LogP contribution in [0.3, 0.4) is 0 Å². The summed E-state index contributed by atoms with van der Waals surface area (Å²) in [7, 11) is 1.63. The van der Waals surface area contributed by atoms with Gasteiger partial charge >= 0.3 is 0 Å². The fraction of sp³-hybridized carbons (Fsp3) is 0.292. The van der Waals surface area contributed by atoms with Crippen molar-refractivity contribution in [3.8, 4) is 5.69 Å². The quantitative estimate of drug-likeness (QED) is 0.356. The molecule has 0 aliphatic rings. The number of halogens is 1. The lowest BCUT2D eigenvalue weighted by atomic mass is 10.1. The minimum atomic E-state index is -0.266. The average Bonchev–Trinajstić information content (AvgIpc) is 3.28. The summed E-state index contributed by atoms with van der Waals surface area (Å²) in [5.41, 5.74) is 3.48. The molecule has 0 radical (unpaired) electrons. The summed E-state index contributed by atoms with van der Waals surface area (Å²) in [4.78, 5) is 16.4. The molecule has 32 heavy (non-hydrogen) atoms. The Morgan fingerprint density at radius 2 is 1.91 bits per heavy atom. The summed E-state index contributed by atoms with van der Waals surface area (Å²) in [5.74, 6) is 0.391. The summed E-state index contributed by atoms with van der Waals surface area (Å²) in [6.07, 6.45) is 3.33. The largest absolute Gasteiger partial charge is 0.357 e. The molecule has 3 rings (SSSR count). The van der Waals surface area contributed by atoms with Crippen LogP contribution in [0.4, 0.5) is 4.39 Å². The third kappa shape index (κ3) is 6.66. The van der Waals surface area contributed by atoms with Gasteiger partial charge in [-0.3, -0.25) is 9.79 Å². The van der Waals surface area contributed by atoms with Crippen LogP contribution in [0.5, 0.6) is 0 Å². The summed E-state index contributed by atoms with van der Waals surface area (Å²) in [6, 6.07) is 15.8. The van der Waals surface area contributed by atoms with Gasteiger partial charge in [0.15, 0.2) is 5.96 Å². The lowest BCUT2D eigenvalue weighted by Gasteiger charge is -2.11. The molecule has 0 fully saturated rings. The number of rotatable bonds is 9. The number of aromatic nitrogens is 2. The fourth-order valence-corrected chi connectivity index (χ4v) is 3.19. The maximum Gasteiger partial charge on any atom is 0.251 e. The third-order valence-electron chi connectivity index (χ3n) is 4.84. The van der Waals surface area contributed by atoms with Gasteiger partial charge in [-0.15, -0.1) is 0 Å². The second-order valence-electron chi connectivity index (χ2n) is 7.19. The molecule has 168 valence electrons. The zero-order valence-electron chi connectivity index (χ0n) is 18.4. The van der Waals surface area contributed by atoms with Crippen LogP contribution in [0.2, 0.25) is 0 Å². The molecule has 0 bridgehead atoms.